The highest BCUT2D eigenvalue weighted by molar-refractivity contribution is 7.89. The first-order chi connectivity index (χ1) is 8.38. The van der Waals surface area contributed by atoms with Crippen LogP contribution in [0.25, 0.3) is 0 Å². The van der Waals surface area contributed by atoms with Crippen LogP contribution in [0.2, 0.25) is 5.02 Å². The molecule has 0 radical (unpaired) electrons. The topological polar surface area (TPSA) is 89.3 Å². The van der Waals surface area contributed by atoms with Gasteiger partial charge >= 0.3 is 0 Å². The van der Waals surface area contributed by atoms with Crippen molar-refractivity contribution in [1.82, 2.24) is 4.72 Å². The molecule has 0 heterocycles. The van der Waals surface area contributed by atoms with Gasteiger partial charge in [0, 0.05) is 12.1 Å². The number of hydrogen-bond acceptors (Lipinski definition) is 4. The maximum Gasteiger partial charge on any atom is 0.270 e. The van der Waals surface area contributed by atoms with Crippen molar-refractivity contribution >= 4 is 27.3 Å². The van der Waals surface area contributed by atoms with Crippen molar-refractivity contribution < 1.29 is 13.3 Å². The number of non-ortho nitro benzene ring substituents is 1. The molecule has 8 heteroatoms. The Morgan fingerprint density at radius 1 is 1.50 bits per heavy atom. The van der Waals surface area contributed by atoms with E-state index < -0.39 is 14.9 Å². The molecule has 1 rings (SSSR count). The van der Waals surface area contributed by atoms with Crippen LogP contribution in [0.1, 0.15) is 6.92 Å². The van der Waals surface area contributed by atoms with E-state index in [1.165, 1.54) is 6.07 Å². The van der Waals surface area contributed by atoms with Gasteiger partial charge in [0.25, 0.3) is 5.69 Å². The monoisotopic (exact) mass is 288 g/mol. The molecule has 0 aliphatic heterocycles. The van der Waals surface area contributed by atoms with E-state index >= 15 is 0 Å². The zero-order valence-corrected chi connectivity index (χ0v) is 10.9. The Morgan fingerprint density at radius 3 is 2.72 bits per heavy atom. The Morgan fingerprint density at radius 2 is 2.17 bits per heavy atom. The van der Waals surface area contributed by atoms with E-state index in [0.29, 0.717) is 0 Å². The van der Waals surface area contributed by atoms with Gasteiger partial charge < -0.3 is 0 Å². The predicted octanol–water partition coefficient (Wildman–Crippen LogP) is 1.55. The third kappa shape index (κ3) is 3.43. The van der Waals surface area contributed by atoms with Crippen molar-refractivity contribution in [2.75, 3.05) is 6.54 Å². The van der Waals surface area contributed by atoms with E-state index in [-0.39, 0.29) is 22.2 Å². The molecule has 6 nitrogen and oxygen atoms in total. The highest BCUT2D eigenvalue weighted by atomic mass is 35.5. The van der Waals surface area contributed by atoms with E-state index in [9.17, 15) is 18.5 Å². The van der Waals surface area contributed by atoms with Crippen LogP contribution in [0.3, 0.4) is 0 Å². The molecule has 0 aromatic heterocycles. The van der Waals surface area contributed by atoms with Crippen LogP contribution in [0.4, 0.5) is 5.69 Å². The lowest BCUT2D eigenvalue weighted by atomic mass is 10.3. The Hall–Kier alpha value is -1.62. The largest absolute Gasteiger partial charge is 0.270 e. The van der Waals surface area contributed by atoms with Crippen molar-refractivity contribution in [2.24, 2.45) is 0 Å². The minimum absolute atomic E-state index is 0.0855. The van der Waals surface area contributed by atoms with Gasteiger partial charge in [0.1, 0.15) is 4.90 Å². The lowest BCUT2D eigenvalue weighted by molar-refractivity contribution is -0.385. The fourth-order valence-corrected chi connectivity index (χ4v) is 2.55. The summed E-state index contributed by atoms with van der Waals surface area (Å²) >= 11 is 5.72. The smallest absolute Gasteiger partial charge is 0.258 e. The number of rotatable bonds is 4. The number of sulfonamides is 1. The molecular formula is C10H9ClN2O4S. The van der Waals surface area contributed by atoms with Crippen LogP contribution >= 0.6 is 11.6 Å². The Bertz CT molecular complexity index is 631. The fraction of sp³-hybridized carbons (Fsp3) is 0.200. The fourth-order valence-electron chi connectivity index (χ4n) is 1.11. The van der Waals surface area contributed by atoms with Crippen molar-refractivity contribution in [3.05, 3.63) is 33.3 Å². The van der Waals surface area contributed by atoms with Gasteiger partial charge in [-0.05, 0) is 13.0 Å². The molecule has 1 aromatic carbocycles. The second-order valence-electron chi connectivity index (χ2n) is 3.12. The Labute approximate surface area is 109 Å². The van der Waals surface area contributed by atoms with Crippen molar-refractivity contribution in [1.29, 1.82) is 0 Å². The van der Waals surface area contributed by atoms with E-state index in [1.807, 2.05) is 0 Å². The third-order valence-electron chi connectivity index (χ3n) is 1.94. The first kappa shape index (κ1) is 14.4. The molecule has 0 saturated carbocycles. The van der Waals surface area contributed by atoms with Gasteiger partial charge in [-0.3, -0.25) is 10.1 Å². The van der Waals surface area contributed by atoms with Crippen LogP contribution in [0, 0.1) is 22.0 Å². The summed E-state index contributed by atoms with van der Waals surface area (Å²) in [6.07, 6.45) is 0. The summed E-state index contributed by atoms with van der Waals surface area (Å²) in [7, 11) is -3.91. The summed E-state index contributed by atoms with van der Waals surface area (Å²) in [6, 6.07) is 3.21. The number of nitro benzene ring substituents is 1. The summed E-state index contributed by atoms with van der Waals surface area (Å²) in [6.45, 7) is 1.48. The minimum atomic E-state index is -3.91. The quantitative estimate of drug-likeness (QED) is 0.517. The Kier molecular flexibility index (Phi) is 4.67. The summed E-state index contributed by atoms with van der Waals surface area (Å²) in [5, 5.41) is 10.5. The number of halogens is 1. The van der Waals surface area contributed by atoms with Crippen LogP contribution in [-0.2, 0) is 10.0 Å². The lowest BCUT2D eigenvalue weighted by Gasteiger charge is -2.05. The SMILES string of the molecule is CC#CCNS(=O)(=O)c1cc([N+](=O)[O-])ccc1Cl. The van der Waals surface area contributed by atoms with E-state index in [0.717, 1.165) is 12.1 Å². The van der Waals surface area contributed by atoms with Crippen LogP contribution < -0.4 is 4.72 Å². The molecule has 18 heavy (non-hydrogen) atoms. The molecule has 0 aliphatic carbocycles. The molecule has 0 spiro atoms. The molecular weight excluding hydrogens is 280 g/mol. The van der Waals surface area contributed by atoms with Gasteiger partial charge in [-0.25, -0.2) is 8.42 Å². The normalized spacial score (nSPS) is 10.6. The highest BCUT2D eigenvalue weighted by Crippen LogP contribution is 2.25. The predicted molar refractivity (Wildman–Crippen MR) is 66.7 cm³/mol. The molecule has 0 unspecified atom stereocenters. The molecule has 96 valence electrons. The van der Waals surface area contributed by atoms with Gasteiger partial charge in [0.15, 0.2) is 0 Å². The molecule has 0 fully saturated rings. The summed E-state index contributed by atoms with van der Waals surface area (Å²) in [5.41, 5.74) is -0.346. The molecule has 0 atom stereocenters. The van der Waals surface area contributed by atoms with Gasteiger partial charge in [-0.1, -0.05) is 17.5 Å². The number of hydrogen-bond donors (Lipinski definition) is 1. The lowest BCUT2D eigenvalue weighted by Crippen LogP contribution is -2.24. The molecule has 1 aromatic rings. The first-order valence-corrected chi connectivity index (χ1v) is 6.58. The second kappa shape index (κ2) is 5.82. The molecule has 0 bridgehead atoms. The maximum atomic E-state index is 11.8. The number of nitrogens with zero attached hydrogens (tertiary/aromatic N) is 1. The zero-order chi connectivity index (χ0) is 13.8. The Balaban J connectivity index is 3.17. The van der Waals surface area contributed by atoms with Gasteiger partial charge in [-0.2, -0.15) is 4.72 Å². The highest BCUT2D eigenvalue weighted by Gasteiger charge is 2.20. The van der Waals surface area contributed by atoms with Crippen molar-refractivity contribution in [3.8, 4) is 11.8 Å². The maximum absolute atomic E-state index is 11.8. The summed E-state index contributed by atoms with van der Waals surface area (Å²) in [5.74, 6) is 5.03. The first-order valence-electron chi connectivity index (χ1n) is 4.71. The minimum Gasteiger partial charge on any atom is -0.258 e. The van der Waals surface area contributed by atoms with E-state index in [2.05, 4.69) is 16.6 Å². The van der Waals surface area contributed by atoms with Crippen molar-refractivity contribution in [2.45, 2.75) is 11.8 Å². The number of benzene rings is 1. The molecule has 0 amide bonds. The average molecular weight is 289 g/mol. The molecule has 1 N–H and O–H groups in total. The summed E-state index contributed by atoms with van der Waals surface area (Å²) < 4.78 is 25.8. The molecule has 0 aliphatic rings. The van der Waals surface area contributed by atoms with E-state index in [4.69, 9.17) is 11.6 Å². The summed E-state index contributed by atoms with van der Waals surface area (Å²) in [4.78, 5) is 9.55. The van der Waals surface area contributed by atoms with Crippen LogP contribution in [0.5, 0.6) is 0 Å². The number of nitro groups is 1. The molecule has 0 saturated heterocycles. The van der Waals surface area contributed by atoms with E-state index in [1.54, 1.807) is 6.92 Å². The van der Waals surface area contributed by atoms with Crippen molar-refractivity contribution in [3.63, 3.8) is 0 Å². The van der Waals surface area contributed by atoms with Crippen LogP contribution in [-0.4, -0.2) is 19.9 Å². The van der Waals surface area contributed by atoms with Gasteiger partial charge in [-0.15, -0.1) is 5.92 Å². The zero-order valence-electron chi connectivity index (χ0n) is 9.31. The second-order valence-corrected chi connectivity index (χ2v) is 5.27. The van der Waals surface area contributed by atoms with Gasteiger partial charge in [0.2, 0.25) is 10.0 Å². The van der Waals surface area contributed by atoms with Crippen LogP contribution in [0.15, 0.2) is 23.1 Å². The third-order valence-corrected chi connectivity index (χ3v) is 3.83. The standard InChI is InChI=1S/C10H9ClN2O4S/c1-2-3-6-12-18(16,17)10-7-8(13(14)15)4-5-9(10)11/h4-5,7,12H,6H2,1H3. The average Bonchev–Trinajstić information content (AvgIpc) is 2.29. The number of nitrogens with one attached hydrogen (secondary N) is 1. The van der Waals surface area contributed by atoms with Gasteiger partial charge in [0.05, 0.1) is 16.5 Å².